The predicted octanol–water partition coefficient (Wildman–Crippen LogP) is 3.68. The molecule has 0 bridgehead atoms. The maximum Gasteiger partial charge on any atom is 0.335 e. The van der Waals surface area contributed by atoms with Crippen molar-refractivity contribution < 1.29 is 17.9 Å². The van der Waals surface area contributed by atoms with Gasteiger partial charge in [-0.05, 0) is 49.8 Å². The summed E-state index contributed by atoms with van der Waals surface area (Å²) in [5.41, 5.74) is 1.95. The number of sulfonamides is 1. The van der Waals surface area contributed by atoms with Gasteiger partial charge in [0.25, 0.3) is 0 Å². The van der Waals surface area contributed by atoms with Crippen molar-refractivity contribution in [1.29, 1.82) is 0 Å². The van der Waals surface area contributed by atoms with Gasteiger partial charge in [-0.1, -0.05) is 45.8 Å². The van der Waals surface area contributed by atoms with Gasteiger partial charge in [0, 0.05) is 11.0 Å². The fourth-order valence-electron chi connectivity index (χ4n) is 2.18. The molecule has 2 aromatic carbocycles. The van der Waals surface area contributed by atoms with Gasteiger partial charge in [0.15, 0.2) is 0 Å². The highest BCUT2D eigenvalue weighted by Gasteiger charge is 2.17. The fourth-order valence-corrected chi connectivity index (χ4v) is 3.60. The van der Waals surface area contributed by atoms with Gasteiger partial charge in [0.1, 0.15) is 0 Å². The van der Waals surface area contributed by atoms with Gasteiger partial charge in [-0.15, -0.1) is 0 Å². The molecule has 0 radical (unpaired) electrons. The third kappa shape index (κ3) is 5.79. The SMILES string of the molecule is CCOC(=O)/C(=C/c1cccc(Br)c1)CNS(=O)(=O)c1ccc(C)cc1. The van der Waals surface area contributed by atoms with Crippen molar-refractivity contribution in [2.24, 2.45) is 0 Å². The molecule has 0 fully saturated rings. The summed E-state index contributed by atoms with van der Waals surface area (Å²) in [7, 11) is -3.73. The first kappa shape index (κ1) is 20.4. The Morgan fingerprint density at radius 3 is 2.50 bits per heavy atom. The molecule has 0 unspecified atom stereocenters. The van der Waals surface area contributed by atoms with E-state index in [2.05, 4.69) is 20.7 Å². The first-order valence-corrected chi connectivity index (χ1v) is 10.3. The van der Waals surface area contributed by atoms with Crippen LogP contribution in [0.5, 0.6) is 0 Å². The average molecular weight is 438 g/mol. The summed E-state index contributed by atoms with van der Waals surface area (Å²) in [6.45, 7) is 3.62. The van der Waals surface area contributed by atoms with E-state index in [-0.39, 0.29) is 23.6 Å². The van der Waals surface area contributed by atoms with Crippen LogP contribution >= 0.6 is 15.9 Å². The van der Waals surface area contributed by atoms with Crippen LogP contribution < -0.4 is 4.72 Å². The molecule has 2 aromatic rings. The number of carbonyl (C=O) groups excluding carboxylic acids is 1. The fraction of sp³-hybridized carbons (Fsp3) is 0.211. The molecule has 0 saturated carbocycles. The lowest BCUT2D eigenvalue weighted by atomic mass is 10.1. The molecular formula is C19H20BrNO4S. The summed E-state index contributed by atoms with van der Waals surface area (Å²) in [5, 5.41) is 0. The summed E-state index contributed by atoms with van der Waals surface area (Å²) >= 11 is 3.37. The number of nitrogens with one attached hydrogen (secondary N) is 1. The minimum absolute atomic E-state index is 0.147. The number of hydrogen-bond donors (Lipinski definition) is 1. The van der Waals surface area contributed by atoms with Crippen molar-refractivity contribution in [1.82, 2.24) is 4.72 Å². The Bertz CT molecular complexity index is 905. The zero-order valence-corrected chi connectivity index (χ0v) is 16.9. The lowest BCUT2D eigenvalue weighted by Gasteiger charge is -2.10. The van der Waals surface area contributed by atoms with Gasteiger partial charge in [-0.3, -0.25) is 0 Å². The smallest absolute Gasteiger partial charge is 0.335 e. The Morgan fingerprint density at radius 2 is 1.88 bits per heavy atom. The largest absolute Gasteiger partial charge is 0.463 e. The second-order valence-electron chi connectivity index (χ2n) is 5.58. The van der Waals surface area contributed by atoms with Crippen molar-refractivity contribution in [3.8, 4) is 0 Å². The van der Waals surface area contributed by atoms with Crippen molar-refractivity contribution in [3.05, 3.63) is 69.7 Å². The van der Waals surface area contributed by atoms with E-state index in [1.54, 1.807) is 25.1 Å². The molecule has 0 aliphatic heterocycles. The Kier molecular flexibility index (Phi) is 7.14. The molecule has 0 heterocycles. The number of carbonyl (C=O) groups is 1. The molecule has 1 N–H and O–H groups in total. The topological polar surface area (TPSA) is 72.5 Å². The predicted molar refractivity (Wildman–Crippen MR) is 105 cm³/mol. The standard InChI is InChI=1S/C19H20BrNO4S/c1-3-25-19(22)16(11-15-5-4-6-17(20)12-15)13-21-26(23,24)18-9-7-14(2)8-10-18/h4-12,21H,3,13H2,1-2H3/b16-11+. The molecule has 2 rings (SSSR count). The number of ether oxygens (including phenoxy) is 1. The van der Waals surface area contributed by atoms with Gasteiger partial charge in [0.2, 0.25) is 10.0 Å². The summed E-state index contributed by atoms with van der Waals surface area (Å²) in [4.78, 5) is 12.3. The molecule has 0 aromatic heterocycles. The van der Waals surface area contributed by atoms with E-state index in [4.69, 9.17) is 4.74 Å². The van der Waals surface area contributed by atoms with E-state index in [1.807, 2.05) is 31.2 Å². The number of rotatable bonds is 7. The zero-order chi connectivity index (χ0) is 19.2. The first-order valence-electron chi connectivity index (χ1n) is 8.01. The summed E-state index contributed by atoms with van der Waals surface area (Å²) in [6.07, 6.45) is 1.61. The number of halogens is 1. The lowest BCUT2D eigenvalue weighted by Crippen LogP contribution is -2.28. The molecule has 0 aliphatic carbocycles. The van der Waals surface area contributed by atoms with E-state index >= 15 is 0 Å². The van der Waals surface area contributed by atoms with E-state index in [9.17, 15) is 13.2 Å². The second-order valence-corrected chi connectivity index (χ2v) is 8.27. The summed E-state index contributed by atoms with van der Waals surface area (Å²) in [6, 6.07) is 13.8. The van der Waals surface area contributed by atoms with Gasteiger partial charge in [-0.2, -0.15) is 0 Å². The van der Waals surface area contributed by atoms with Crippen LogP contribution in [0.1, 0.15) is 18.1 Å². The minimum atomic E-state index is -3.73. The Hall–Kier alpha value is -1.96. The van der Waals surface area contributed by atoms with Crippen LogP contribution in [0.3, 0.4) is 0 Å². The first-order chi connectivity index (χ1) is 12.3. The van der Waals surface area contributed by atoms with Crippen LogP contribution in [-0.2, 0) is 19.6 Å². The van der Waals surface area contributed by atoms with Crippen LogP contribution in [0.15, 0.2) is 63.5 Å². The Balaban J connectivity index is 2.24. The number of hydrogen-bond acceptors (Lipinski definition) is 4. The molecule has 138 valence electrons. The molecule has 26 heavy (non-hydrogen) atoms. The normalized spacial score (nSPS) is 12.0. The Labute approximate surface area is 162 Å². The highest BCUT2D eigenvalue weighted by molar-refractivity contribution is 9.10. The number of benzene rings is 2. The molecule has 0 spiro atoms. The molecule has 0 atom stereocenters. The quantitative estimate of drug-likeness (QED) is 0.529. The third-order valence-electron chi connectivity index (χ3n) is 3.51. The zero-order valence-electron chi connectivity index (χ0n) is 14.5. The van der Waals surface area contributed by atoms with Gasteiger partial charge < -0.3 is 4.74 Å². The molecule has 0 amide bonds. The van der Waals surface area contributed by atoms with Crippen molar-refractivity contribution in [2.45, 2.75) is 18.7 Å². The molecule has 0 aliphatic rings. The average Bonchev–Trinajstić information content (AvgIpc) is 2.59. The number of aryl methyl sites for hydroxylation is 1. The minimum Gasteiger partial charge on any atom is -0.463 e. The van der Waals surface area contributed by atoms with E-state index < -0.39 is 16.0 Å². The van der Waals surface area contributed by atoms with Gasteiger partial charge in [0.05, 0.1) is 17.1 Å². The second kappa shape index (κ2) is 9.12. The maximum absolute atomic E-state index is 12.4. The lowest BCUT2D eigenvalue weighted by molar-refractivity contribution is -0.138. The van der Waals surface area contributed by atoms with Gasteiger partial charge in [-0.25, -0.2) is 17.9 Å². The highest BCUT2D eigenvalue weighted by Crippen LogP contribution is 2.16. The van der Waals surface area contributed by atoms with Gasteiger partial charge >= 0.3 is 5.97 Å². The maximum atomic E-state index is 12.4. The van der Waals surface area contributed by atoms with Crippen LogP contribution in [-0.4, -0.2) is 27.5 Å². The molecule has 5 nitrogen and oxygen atoms in total. The monoisotopic (exact) mass is 437 g/mol. The molecular weight excluding hydrogens is 418 g/mol. The van der Waals surface area contributed by atoms with Crippen molar-refractivity contribution in [2.75, 3.05) is 13.2 Å². The molecule has 7 heteroatoms. The third-order valence-corrected chi connectivity index (χ3v) is 5.42. The van der Waals surface area contributed by atoms with E-state index in [0.717, 1.165) is 15.6 Å². The number of esters is 1. The summed E-state index contributed by atoms with van der Waals surface area (Å²) in [5.74, 6) is -0.556. The summed E-state index contributed by atoms with van der Waals surface area (Å²) < 4.78 is 33.2. The van der Waals surface area contributed by atoms with Crippen LogP contribution in [0.25, 0.3) is 6.08 Å². The van der Waals surface area contributed by atoms with E-state index in [1.165, 1.54) is 12.1 Å². The Morgan fingerprint density at radius 1 is 1.19 bits per heavy atom. The molecule has 0 saturated heterocycles. The van der Waals surface area contributed by atoms with Crippen LogP contribution in [0.2, 0.25) is 0 Å². The van der Waals surface area contributed by atoms with E-state index in [0.29, 0.717) is 0 Å². The van der Waals surface area contributed by atoms with Crippen molar-refractivity contribution in [3.63, 3.8) is 0 Å². The highest BCUT2D eigenvalue weighted by atomic mass is 79.9. The van der Waals surface area contributed by atoms with Crippen molar-refractivity contribution >= 4 is 38.0 Å². The van der Waals surface area contributed by atoms with Crippen LogP contribution in [0, 0.1) is 6.92 Å². The van der Waals surface area contributed by atoms with Crippen LogP contribution in [0.4, 0.5) is 0 Å².